The number of nitrogens with one attached hydrogen (secondary N) is 2. The highest BCUT2D eigenvalue weighted by Gasteiger charge is 2.07. The first-order valence-electron chi connectivity index (χ1n) is 7.63. The normalized spacial score (nSPS) is 10.5. The number of halogens is 2. The van der Waals surface area contributed by atoms with Crippen LogP contribution >= 0.6 is 23.8 Å². The lowest BCUT2D eigenvalue weighted by molar-refractivity contribution is 0.628. The molecule has 0 aliphatic heterocycles. The van der Waals surface area contributed by atoms with E-state index in [-0.39, 0.29) is 5.02 Å². The molecule has 128 valence electrons. The van der Waals surface area contributed by atoms with Gasteiger partial charge in [-0.25, -0.2) is 9.37 Å². The second-order valence-electron chi connectivity index (χ2n) is 5.41. The zero-order chi connectivity index (χ0) is 17.8. The summed E-state index contributed by atoms with van der Waals surface area (Å²) in [6.45, 7) is 2.49. The first kappa shape index (κ1) is 17.4. The topological polar surface area (TPSA) is 41.9 Å². The lowest BCUT2D eigenvalue weighted by atomic mass is 10.1. The van der Waals surface area contributed by atoms with E-state index in [1.165, 1.54) is 12.1 Å². The minimum atomic E-state index is -0.462. The summed E-state index contributed by atoms with van der Waals surface area (Å²) in [6, 6.07) is 12.4. The van der Waals surface area contributed by atoms with E-state index >= 15 is 0 Å². The number of para-hydroxylation sites is 1. The van der Waals surface area contributed by atoms with Crippen molar-refractivity contribution in [3.8, 4) is 5.69 Å². The van der Waals surface area contributed by atoms with Gasteiger partial charge in [-0.05, 0) is 49.0 Å². The molecule has 4 nitrogen and oxygen atoms in total. The van der Waals surface area contributed by atoms with Crippen molar-refractivity contribution in [3.63, 3.8) is 0 Å². The Bertz CT molecular complexity index is 910. The molecular weight excluding hydrogens is 359 g/mol. The van der Waals surface area contributed by atoms with Gasteiger partial charge in [-0.15, -0.1) is 0 Å². The Morgan fingerprint density at radius 3 is 2.80 bits per heavy atom. The maximum Gasteiger partial charge on any atom is 0.171 e. The standard InChI is InChI=1S/C18H16ClFN4S/c1-12-21-8-9-24(12)17-5-3-2-4-13(17)11-22-18(25)23-14-6-7-16(20)15(19)10-14/h2-10H,11H2,1H3,(H2,22,23,25). The van der Waals surface area contributed by atoms with Crippen LogP contribution in [0, 0.1) is 12.7 Å². The lowest BCUT2D eigenvalue weighted by Gasteiger charge is -2.14. The highest BCUT2D eigenvalue weighted by Crippen LogP contribution is 2.19. The molecule has 0 atom stereocenters. The Balaban J connectivity index is 1.68. The summed E-state index contributed by atoms with van der Waals surface area (Å²) < 4.78 is 15.2. The summed E-state index contributed by atoms with van der Waals surface area (Å²) in [7, 11) is 0. The fourth-order valence-corrected chi connectivity index (χ4v) is 2.82. The largest absolute Gasteiger partial charge is 0.358 e. The highest BCUT2D eigenvalue weighted by atomic mass is 35.5. The fraction of sp³-hybridized carbons (Fsp3) is 0.111. The van der Waals surface area contributed by atoms with E-state index in [2.05, 4.69) is 15.6 Å². The molecule has 3 rings (SSSR count). The van der Waals surface area contributed by atoms with Crippen molar-refractivity contribution in [1.29, 1.82) is 0 Å². The molecule has 1 aromatic heterocycles. The Hall–Kier alpha value is -2.44. The van der Waals surface area contributed by atoms with Crippen molar-refractivity contribution in [1.82, 2.24) is 14.9 Å². The monoisotopic (exact) mass is 374 g/mol. The van der Waals surface area contributed by atoms with Gasteiger partial charge in [0.25, 0.3) is 0 Å². The molecule has 0 unspecified atom stereocenters. The molecule has 3 aromatic rings. The third kappa shape index (κ3) is 4.15. The number of hydrogen-bond donors (Lipinski definition) is 2. The number of aromatic nitrogens is 2. The van der Waals surface area contributed by atoms with Crippen LogP contribution in [0.15, 0.2) is 54.9 Å². The second-order valence-corrected chi connectivity index (χ2v) is 6.23. The summed E-state index contributed by atoms with van der Waals surface area (Å²) in [4.78, 5) is 4.26. The highest BCUT2D eigenvalue weighted by molar-refractivity contribution is 7.80. The van der Waals surface area contributed by atoms with E-state index in [0.29, 0.717) is 17.3 Å². The number of aryl methyl sites for hydroxylation is 1. The summed E-state index contributed by atoms with van der Waals surface area (Å²) in [6.07, 6.45) is 3.69. The third-order valence-electron chi connectivity index (χ3n) is 3.69. The molecule has 0 fully saturated rings. The van der Waals surface area contributed by atoms with E-state index in [4.69, 9.17) is 23.8 Å². The second kappa shape index (κ2) is 7.63. The van der Waals surface area contributed by atoms with Gasteiger partial charge >= 0.3 is 0 Å². The quantitative estimate of drug-likeness (QED) is 0.661. The fourth-order valence-electron chi connectivity index (χ4n) is 2.45. The van der Waals surface area contributed by atoms with Crippen molar-refractivity contribution in [2.24, 2.45) is 0 Å². The summed E-state index contributed by atoms with van der Waals surface area (Å²) in [5.74, 6) is 0.449. The van der Waals surface area contributed by atoms with E-state index in [0.717, 1.165) is 17.1 Å². The summed E-state index contributed by atoms with van der Waals surface area (Å²) >= 11 is 11.1. The van der Waals surface area contributed by atoms with Crippen molar-refractivity contribution < 1.29 is 4.39 Å². The zero-order valence-electron chi connectivity index (χ0n) is 13.5. The Morgan fingerprint density at radius 1 is 1.28 bits per heavy atom. The van der Waals surface area contributed by atoms with Crippen LogP contribution in [0.25, 0.3) is 5.69 Å². The molecule has 0 aliphatic carbocycles. The average molecular weight is 375 g/mol. The SMILES string of the molecule is Cc1nccn1-c1ccccc1CNC(=S)Nc1ccc(F)c(Cl)c1. The Morgan fingerprint density at radius 2 is 2.08 bits per heavy atom. The zero-order valence-corrected chi connectivity index (χ0v) is 15.0. The Labute approximate surface area is 155 Å². The van der Waals surface area contributed by atoms with Crippen LogP contribution in [0.5, 0.6) is 0 Å². The van der Waals surface area contributed by atoms with Crippen molar-refractivity contribution in [2.45, 2.75) is 13.5 Å². The van der Waals surface area contributed by atoms with Gasteiger partial charge in [-0.1, -0.05) is 29.8 Å². The molecule has 0 spiro atoms. The molecule has 25 heavy (non-hydrogen) atoms. The number of rotatable bonds is 4. The van der Waals surface area contributed by atoms with Crippen molar-refractivity contribution >= 4 is 34.6 Å². The number of benzene rings is 2. The van der Waals surface area contributed by atoms with Crippen LogP contribution in [-0.4, -0.2) is 14.7 Å². The summed E-state index contributed by atoms with van der Waals surface area (Å²) in [5, 5.41) is 6.63. The van der Waals surface area contributed by atoms with Gasteiger partial charge in [0.2, 0.25) is 0 Å². The van der Waals surface area contributed by atoms with Crippen LogP contribution in [0.1, 0.15) is 11.4 Å². The van der Waals surface area contributed by atoms with E-state index in [9.17, 15) is 4.39 Å². The van der Waals surface area contributed by atoms with Crippen LogP contribution in [0.4, 0.5) is 10.1 Å². The van der Waals surface area contributed by atoms with Crippen molar-refractivity contribution in [3.05, 3.63) is 77.1 Å². The van der Waals surface area contributed by atoms with Crippen LogP contribution < -0.4 is 10.6 Å². The molecule has 0 bridgehead atoms. The smallest absolute Gasteiger partial charge is 0.171 e. The number of nitrogens with zero attached hydrogens (tertiary/aromatic N) is 2. The van der Waals surface area contributed by atoms with E-state index in [1.807, 2.05) is 42.0 Å². The molecule has 2 aromatic carbocycles. The van der Waals surface area contributed by atoms with Crippen molar-refractivity contribution in [2.75, 3.05) is 5.32 Å². The van der Waals surface area contributed by atoms with Gasteiger partial charge in [0.05, 0.1) is 10.7 Å². The molecule has 2 N–H and O–H groups in total. The molecule has 0 radical (unpaired) electrons. The minimum absolute atomic E-state index is 0.0497. The molecule has 1 heterocycles. The molecule has 0 aliphatic rings. The van der Waals surface area contributed by atoms with Crippen LogP contribution in [0.3, 0.4) is 0 Å². The molecular formula is C18H16ClFN4S. The number of hydrogen-bond acceptors (Lipinski definition) is 2. The van der Waals surface area contributed by atoms with Gasteiger partial charge in [0, 0.05) is 24.6 Å². The molecule has 0 saturated carbocycles. The van der Waals surface area contributed by atoms with Crippen LogP contribution in [0.2, 0.25) is 5.02 Å². The average Bonchev–Trinajstić information content (AvgIpc) is 3.02. The molecule has 0 saturated heterocycles. The lowest BCUT2D eigenvalue weighted by Crippen LogP contribution is -2.28. The van der Waals surface area contributed by atoms with Gasteiger partial charge in [-0.2, -0.15) is 0 Å². The number of thiocarbonyl (C=S) groups is 1. The predicted molar refractivity (Wildman–Crippen MR) is 103 cm³/mol. The minimum Gasteiger partial charge on any atom is -0.358 e. The number of anilines is 1. The maximum absolute atomic E-state index is 13.2. The van der Waals surface area contributed by atoms with Gasteiger partial charge in [-0.3, -0.25) is 0 Å². The molecule has 0 amide bonds. The van der Waals surface area contributed by atoms with Gasteiger partial charge < -0.3 is 15.2 Å². The van der Waals surface area contributed by atoms with Gasteiger partial charge in [0.1, 0.15) is 11.6 Å². The Kier molecular flexibility index (Phi) is 5.31. The molecule has 7 heteroatoms. The number of imidazole rings is 1. The first-order chi connectivity index (χ1) is 12.0. The third-order valence-corrected chi connectivity index (χ3v) is 4.23. The first-order valence-corrected chi connectivity index (χ1v) is 8.41. The maximum atomic E-state index is 13.2. The van der Waals surface area contributed by atoms with E-state index in [1.54, 1.807) is 12.3 Å². The van der Waals surface area contributed by atoms with Gasteiger partial charge in [0.15, 0.2) is 5.11 Å². The summed E-state index contributed by atoms with van der Waals surface area (Å²) in [5.41, 5.74) is 2.74. The predicted octanol–water partition coefficient (Wildman–Crippen LogP) is 4.46. The van der Waals surface area contributed by atoms with E-state index < -0.39 is 5.82 Å². The van der Waals surface area contributed by atoms with Crippen LogP contribution in [-0.2, 0) is 6.54 Å².